The number of H-pyrrole nitrogens is 1. The molecule has 2 aromatic carbocycles. The Balaban J connectivity index is 1.76. The van der Waals surface area contributed by atoms with E-state index < -0.39 is 23.5 Å². The van der Waals surface area contributed by atoms with E-state index in [4.69, 9.17) is 11.1 Å². The Morgan fingerprint density at radius 3 is 2.35 bits per heavy atom. The Labute approximate surface area is 215 Å². The van der Waals surface area contributed by atoms with E-state index in [2.05, 4.69) is 47.7 Å². The van der Waals surface area contributed by atoms with Crippen LogP contribution in [0.15, 0.2) is 65.5 Å². The van der Waals surface area contributed by atoms with Crippen molar-refractivity contribution in [3.8, 4) is 11.1 Å². The molecule has 0 saturated heterocycles. The van der Waals surface area contributed by atoms with E-state index in [1.807, 2.05) is 30.3 Å². The van der Waals surface area contributed by atoms with Gasteiger partial charge in [0, 0.05) is 18.7 Å². The Hall–Kier alpha value is -4.40. The van der Waals surface area contributed by atoms with Crippen molar-refractivity contribution in [2.75, 3.05) is 6.54 Å². The van der Waals surface area contributed by atoms with E-state index >= 15 is 0 Å². The molecule has 0 radical (unpaired) electrons. The number of guanidine groups is 1. The maximum absolute atomic E-state index is 12.7. The summed E-state index contributed by atoms with van der Waals surface area (Å²) in [5.41, 5.74) is 9.60. The Morgan fingerprint density at radius 2 is 1.70 bits per heavy atom. The molecule has 194 valence electrons. The molecular formula is C28H33N5O4. The molecule has 0 saturated carbocycles. The Bertz CT molecular complexity index is 1330. The summed E-state index contributed by atoms with van der Waals surface area (Å²) < 4.78 is 0. The number of aromatic amines is 1. The summed E-state index contributed by atoms with van der Waals surface area (Å²) in [6.45, 7) is 4.61. The predicted octanol–water partition coefficient (Wildman–Crippen LogP) is 3.20. The minimum atomic E-state index is -1.21. The third kappa shape index (κ3) is 7.30. The number of hydrogen-bond donors (Lipinski definition) is 6. The number of benzene rings is 2. The first-order chi connectivity index (χ1) is 17.7. The van der Waals surface area contributed by atoms with E-state index in [9.17, 15) is 19.5 Å². The van der Waals surface area contributed by atoms with Gasteiger partial charge in [0.05, 0.1) is 0 Å². The van der Waals surface area contributed by atoms with Crippen molar-refractivity contribution in [1.82, 2.24) is 15.6 Å². The maximum Gasteiger partial charge on any atom is 0.326 e. The van der Waals surface area contributed by atoms with E-state index in [0.29, 0.717) is 31.0 Å². The van der Waals surface area contributed by atoms with Crippen LogP contribution < -0.4 is 21.9 Å². The number of amides is 1. The molecule has 0 bridgehead atoms. The minimum absolute atomic E-state index is 0.117. The van der Waals surface area contributed by atoms with Crippen LogP contribution in [0, 0.1) is 5.41 Å². The van der Waals surface area contributed by atoms with Gasteiger partial charge in [-0.25, -0.2) is 4.79 Å². The third-order valence-corrected chi connectivity index (χ3v) is 6.07. The van der Waals surface area contributed by atoms with Crippen LogP contribution in [0.2, 0.25) is 0 Å². The predicted molar refractivity (Wildman–Crippen MR) is 144 cm³/mol. The summed E-state index contributed by atoms with van der Waals surface area (Å²) in [5, 5.41) is 21.6. The minimum Gasteiger partial charge on any atom is -0.480 e. The molecule has 0 aliphatic rings. The number of carbonyl (C=O) groups is 2. The Kier molecular flexibility index (Phi) is 9.21. The van der Waals surface area contributed by atoms with Crippen molar-refractivity contribution >= 4 is 17.8 Å². The summed E-state index contributed by atoms with van der Waals surface area (Å²) in [6.07, 6.45) is 0.943. The van der Waals surface area contributed by atoms with E-state index in [-0.39, 0.29) is 17.9 Å². The van der Waals surface area contributed by atoms with Gasteiger partial charge >= 0.3 is 5.97 Å². The molecule has 7 N–H and O–H groups in total. The fourth-order valence-electron chi connectivity index (χ4n) is 4.21. The van der Waals surface area contributed by atoms with E-state index in [1.54, 1.807) is 6.07 Å². The number of rotatable bonds is 11. The molecule has 0 aliphatic carbocycles. The number of carbonyl (C=O) groups excluding carboxylic acids is 1. The standard InChI is InChI=1S/C28H33N5O4/c1-17(2)20-9-5-6-11-22(20)21-10-4-3-8-18(21)16-19-13-14-23(25(34)32-19)26(35)33-24(27(36)37)12-7-15-31-28(29)30/h3-6,8-11,13-14,17,24H,7,12,15-16H2,1-2H3,(H,32,34)(H,33,35)(H,36,37)(H4,29,30,31)/t24-/m0/s1. The van der Waals surface area contributed by atoms with Gasteiger partial charge in [0.2, 0.25) is 0 Å². The summed E-state index contributed by atoms with van der Waals surface area (Å²) >= 11 is 0. The third-order valence-electron chi connectivity index (χ3n) is 6.07. The molecule has 3 rings (SSSR count). The molecule has 0 fully saturated rings. The van der Waals surface area contributed by atoms with Crippen molar-refractivity contribution in [2.24, 2.45) is 5.73 Å². The first kappa shape index (κ1) is 27.2. The summed E-state index contributed by atoms with van der Waals surface area (Å²) in [4.78, 5) is 39.8. The first-order valence-corrected chi connectivity index (χ1v) is 12.2. The summed E-state index contributed by atoms with van der Waals surface area (Å²) in [5.74, 6) is -1.83. The molecule has 3 aromatic rings. The van der Waals surface area contributed by atoms with E-state index in [0.717, 1.165) is 16.7 Å². The lowest BCUT2D eigenvalue weighted by atomic mass is 9.89. The highest BCUT2D eigenvalue weighted by molar-refractivity contribution is 5.96. The average molecular weight is 504 g/mol. The lowest BCUT2D eigenvalue weighted by Crippen LogP contribution is -2.43. The highest BCUT2D eigenvalue weighted by atomic mass is 16.4. The quantitative estimate of drug-likeness (QED) is 0.134. The summed E-state index contributed by atoms with van der Waals surface area (Å²) in [6, 6.07) is 18.2. The van der Waals surface area contributed by atoms with Crippen LogP contribution in [-0.2, 0) is 11.2 Å². The van der Waals surface area contributed by atoms with Crippen LogP contribution >= 0.6 is 0 Å². The number of hydrogen-bond acceptors (Lipinski definition) is 4. The van der Waals surface area contributed by atoms with Crippen LogP contribution in [0.25, 0.3) is 11.1 Å². The van der Waals surface area contributed by atoms with Gasteiger partial charge in [0.25, 0.3) is 11.5 Å². The highest BCUT2D eigenvalue weighted by Gasteiger charge is 2.22. The zero-order valence-electron chi connectivity index (χ0n) is 21.0. The molecule has 1 amide bonds. The monoisotopic (exact) mass is 503 g/mol. The molecule has 0 spiro atoms. The second-order valence-corrected chi connectivity index (χ2v) is 9.15. The van der Waals surface area contributed by atoms with Gasteiger partial charge in [-0.05, 0) is 53.1 Å². The molecular weight excluding hydrogens is 470 g/mol. The number of nitrogens with one attached hydrogen (secondary N) is 4. The first-order valence-electron chi connectivity index (χ1n) is 12.2. The molecule has 1 aromatic heterocycles. The molecule has 1 atom stereocenters. The zero-order chi connectivity index (χ0) is 26.9. The molecule has 0 unspecified atom stereocenters. The van der Waals surface area contributed by atoms with Crippen LogP contribution in [0.5, 0.6) is 0 Å². The fraction of sp³-hybridized carbons (Fsp3) is 0.286. The van der Waals surface area contributed by atoms with Crippen molar-refractivity contribution in [3.63, 3.8) is 0 Å². The van der Waals surface area contributed by atoms with E-state index in [1.165, 1.54) is 11.6 Å². The number of carboxylic acid groups (broad SMARTS) is 1. The smallest absolute Gasteiger partial charge is 0.326 e. The number of pyridine rings is 1. The van der Waals surface area contributed by atoms with Gasteiger partial charge in [-0.1, -0.05) is 62.4 Å². The van der Waals surface area contributed by atoms with Crippen molar-refractivity contribution in [3.05, 3.63) is 93.4 Å². The van der Waals surface area contributed by atoms with Gasteiger partial charge in [-0.3, -0.25) is 15.0 Å². The lowest BCUT2D eigenvalue weighted by Gasteiger charge is -2.16. The second kappa shape index (κ2) is 12.5. The van der Waals surface area contributed by atoms with Crippen molar-refractivity contribution < 1.29 is 14.7 Å². The molecule has 0 aliphatic heterocycles. The number of aromatic nitrogens is 1. The topological polar surface area (TPSA) is 161 Å². The number of aliphatic carboxylic acids is 1. The molecule has 1 heterocycles. The highest BCUT2D eigenvalue weighted by Crippen LogP contribution is 2.32. The Morgan fingerprint density at radius 1 is 1.03 bits per heavy atom. The van der Waals surface area contributed by atoms with Crippen LogP contribution in [0.4, 0.5) is 0 Å². The normalized spacial score (nSPS) is 11.6. The van der Waals surface area contributed by atoms with Gasteiger partial charge in [0.1, 0.15) is 11.6 Å². The van der Waals surface area contributed by atoms with Gasteiger partial charge in [-0.15, -0.1) is 0 Å². The maximum atomic E-state index is 12.7. The lowest BCUT2D eigenvalue weighted by molar-refractivity contribution is -0.139. The van der Waals surface area contributed by atoms with Crippen LogP contribution in [0.3, 0.4) is 0 Å². The fourth-order valence-corrected chi connectivity index (χ4v) is 4.21. The largest absolute Gasteiger partial charge is 0.480 e. The average Bonchev–Trinajstić information content (AvgIpc) is 2.86. The SMILES string of the molecule is CC(C)c1ccccc1-c1ccccc1Cc1ccc(C(=O)N[C@@H](CCCNC(=N)N)C(=O)O)c(=O)[nH]1. The molecule has 9 nitrogen and oxygen atoms in total. The molecule has 9 heteroatoms. The molecule has 37 heavy (non-hydrogen) atoms. The van der Waals surface area contributed by atoms with Crippen LogP contribution in [0.1, 0.15) is 59.8 Å². The number of nitrogens with two attached hydrogens (primary N) is 1. The second-order valence-electron chi connectivity index (χ2n) is 9.15. The van der Waals surface area contributed by atoms with Gasteiger partial charge in [-0.2, -0.15) is 0 Å². The van der Waals surface area contributed by atoms with Crippen molar-refractivity contribution in [1.29, 1.82) is 5.41 Å². The summed E-state index contributed by atoms with van der Waals surface area (Å²) in [7, 11) is 0. The van der Waals surface area contributed by atoms with Crippen molar-refractivity contribution in [2.45, 2.75) is 45.1 Å². The number of carboxylic acids is 1. The van der Waals surface area contributed by atoms with Gasteiger partial charge in [0.15, 0.2) is 5.96 Å². The zero-order valence-corrected chi connectivity index (χ0v) is 21.0. The van der Waals surface area contributed by atoms with Crippen LogP contribution in [-0.4, -0.2) is 40.5 Å². The van der Waals surface area contributed by atoms with Gasteiger partial charge < -0.3 is 26.5 Å².